The third-order valence-corrected chi connectivity index (χ3v) is 18.7. The summed E-state index contributed by atoms with van der Waals surface area (Å²) >= 11 is 26.1. The Morgan fingerprint density at radius 2 is 0.422 bits per heavy atom. The fourth-order valence-electron chi connectivity index (χ4n) is 7.34. The van der Waals surface area contributed by atoms with Gasteiger partial charge in [0, 0.05) is 11.1 Å². The number of rotatable bonds is 10. The second-order valence-electron chi connectivity index (χ2n) is 13.9. The summed E-state index contributed by atoms with van der Waals surface area (Å²) < 4.78 is 0. The number of phenolic OH excluding ortho intramolecular Hbond substituents is 2. The average Bonchev–Trinajstić information content (AvgIpc) is 3.29. The van der Waals surface area contributed by atoms with Gasteiger partial charge in [0.1, 0.15) is 70.2 Å². The van der Waals surface area contributed by atoms with Gasteiger partial charge in [0.15, 0.2) is 0 Å². The molecule has 8 aromatic carbocycles. The van der Waals surface area contributed by atoms with Gasteiger partial charge in [0.25, 0.3) is 0 Å². The van der Waals surface area contributed by atoms with Crippen molar-refractivity contribution in [1.82, 2.24) is 0 Å². The minimum absolute atomic E-state index is 0.365. The minimum atomic E-state index is -1.96. The molecule has 0 aliphatic rings. The van der Waals surface area contributed by atoms with Gasteiger partial charge in [-0.05, 0) is 84.9 Å². The fourth-order valence-corrected chi connectivity index (χ4v) is 15.9. The van der Waals surface area contributed by atoms with E-state index in [2.05, 4.69) is 295 Å². The van der Waals surface area contributed by atoms with Crippen LogP contribution in [0.15, 0.2) is 231 Å². The number of phenols is 2. The van der Waals surface area contributed by atoms with Crippen LogP contribution in [0.1, 0.15) is 11.1 Å². The third kappa shape index (κ3) is 16.7. The van der Waals surface area contributed by atoms with Gasteiger partial charge in [0.05, 0.1) is 0 Å². The van der Waals surface area contributed by atoms with Crippen molar-refractivity contribution in [3.8, 4) is 11.5 Å². The van der Waals surface area contributed by atoms with Crippen molar-refractivity contribution in [3.63, 3.8) is 0 Å². The van der Waals surface area contributed by atoms with Crippen LogP contribution in [0, 0.1) is 0 Å². The maximum atomic E-state index is 10.5. The second-order valence-corrected chi connectivity index (χ2v) is 92.3. The number of hydrogen-bond donors (Lipinski definition) is 2. The Morgan fingerprint density at radius 3 is 0.594 bits per heavy atom. The topological polar surface area (TPSA) is 40.5 Å². The zero-order valence-electron chi connectivity index (χ0n) is 33.9. The Hall–Kier alpha value is -0.901. The van der Waals surface area contributed by atoms with Crippen LogP contribution < -0.4 is 31.8 Å². The fraction of sp³-hybridized carbons (Fsp3) is 0.0400. The summed E-state index contributed by atoms with van der Waals surface area (Å²) in [5.74, 6) is 0.731. The molecule has 8 rings (SSSR count). The van der Waals surface area contributed by atoms with Gasteiger partial charge < -0.3 is 10.2 Å². The van der Waals surface area contributed by atoms with E-state index in [1.54, 1.807) is 12.1 Å². The summed E-state index contributed by atoms with van der Waals surface area (Å²) in [6, 6.07) is 79.9. The Morgan fingerprint density at radius 1 is 0.266 bits per heavy atom. The normalized spacial score (nSPS) is 11.9. The van der Waals surface area contributed by atoms with Crippen molar-refractivity contribution in [2.24, 2.45) is 0 Å². The molecule has 0 aliphatic carbocycles. The van der Waals surface area contributed by atoms with Crippen molar-refractivity contribution < 1.29 is 21.4 Å². The molecule has 14 heteroatoms. The second kappa shape index (κ2) is 26.7. The van der Waals surface area contributed by atoms with Crippen LogP contribution >= 0.6 is 127 Å². The van der Waals surface area contributed by atoms with Gasteiger partial charge in [0.2, 0.25) is 0 Å². The molecule has 0 aliphatic heterocycles. The van der Waals surface area contributed by atoms with Crippen LogP contribution in [0.2, 0.25) is 0 Å². The van der Waals surface area contributed by atoms with Crippen LogP contribution in [0.25, 0.3) is 0 Å². The van der Waals surface area contributed by atoms with E-state index in [1.165, 1.54) is 31.8 Å². The summed E-state index contributed by atoms with van der Waals surface area (Å²) in [5.41, 5.74) is -0.773. The number of para-hydroxylation sites is 2. The quantitative estimate of drug-likeness (QED) is 0.106. The molecule has 0 aromatic heterocycles. The molecule has 0 spiro atoms. The van der Waals surface area contributed by atoms with Crippen molar-refractivity contribution in [1.29, 1.82) is 0 Å². The van der Waals surface area contributed by atoms with Crippen LogP contribution in [0.4, 0.5) is 0 Å². The van der Waals surface area contributed by atoms with E-state index in [0.717, 1.165) is 23.5 Å². The summed E-state index contributed by atoms with van der Waals surface area (Å²) in [4.78, 5) is 0. The van der Waals surface area contributed by atoms with Gasteiger partial charge >= 0.3 is 124 Å². The predicted octanol–water partition coefficient (Wildman–Crippen LogP) is 16.5. The summed E-state index contributed by atoms with van der Waals surface area (Å²) in [6.07, 6.45) is 1.58. The van der Waals surface area contributed by atoms with Gasteiger partial charge in [-0.2, -0.15) is 0 Å². The van der Waals surface area contributed by atoms with Crippen LogP contribution in [0.5, 0.6) is 11.5 Å². The van der Waals surface area contributed by atoms with E-state index in [4.69, 9.17) is 0 Å². The van der Waals surface area contributed by atoms with Gasteiger partial charge in [-0.25, -0.2) is 0 Å². The molecule has 2 nitrogen and oxygen atoms in total. The van der Waals surface area contributed by atoms with Crippen molar-refractivity contribution >= 4 is 159 Å². The zero-order valence-corrected chi connectivity index (χ0v) is 50.8. The average molecular weight is 1490 g/mol. The Balaban J connectivity index is 0.000000199. The Labute approximate surface area is 440 Å². The van der Waals surface area contributed by atoms with Gasteiger partial charge in [-0.3, -0.25) is 0 Å². The number of benzene rings is 8. The molecular weight excluding hydrogens is 1440 g/mol. The van der Waals surface area contributed by atoms with E-state index in [-0.39, 0.29) is 0 Å². The van der Waals surface area contributed by atoms with E-state index >= 15 is 0 Å². The molecule has 0 radical (unpaired) electrons. The SMILES string of the molecule is Oc1ccccc1C[P+](c1ccccc1)(c1ccccc1)c1ccccc1.Oc1ccccc1C[P+](c1ccccc1)(c1ccccc1)c1ccccc1.[Br][Mn-]([Br])([Br])[Br].[Br][Mn-]([Br])([Br])[Br]. The maximum absolute atomic E-state index is 10.5. The van der Waals surface area contributed by atoms with Crippen LogP contribution in [-0.4, -0.2) is 10.2 Å². The summed E-state index contributed by atoms with van der Waals surface area (Å²) in [6.45, 7) is 0. The first kappa shape index (κ1) is 54.0. The van der Waals surface area contributed by atoms with E-state index in [9.17, 15) is 10.2 Å². The molecule has 336 valence electrons. The Kier molecular flexibility index (Phi) is 22.6. The summed E-state index contributed by atoms with van der Waals surface area (Å²) in [7, 11) is -3.92. The zero-order chi connectivity index (χ0) is 46.1. The monoisotopic (exact) mass is 1480 g/mol. The first-order valence-electron chi connectivity index (χ1n) is 19.4. The molecule has 0 saturated carbocycles. The number of halogens is 8. The molecule has 0 bridgehead atoms. The molecule has 0 heterocycles. The molecule has 0 atom stereocenters. The first-order valence-corrected chi connectivity index (χ1v) is 46.7. The molecule has 2 N–H and O–H groups in total. The predicted molar refractivity (Wildman–Crippen MR) is 305 cm³/mol. The van der Waals surface area contributed by atoms with Crippen molar-refractivity contribution in [2.75, 3.05) is 0 Å². The summed E-state index contributed by atoms with van der Waals surface area (Å²) in [5, 5.41) is 29.0. The molecule has 0 saturated heterocycles. The Bertz CT molecular complexity index is 2190. The molecule has 8 aromatic rings. The van der Waals surface area contributed by atoms with E-state index in [0.29, 0.717) is 11.5 Å². The van der Waals surface area contributed by atoms with Gasteiger partial charge in [-0.15, -0.1) is 0 Å². The van der Waals surface area contributed by atoms with Crippen LogP contribution in [0.3, 0.4) is 0 Å². The molecule has 0 amide bonds. The molecule has 0 unspecified atom stereocenters. The van der Waals surface area contributed by atoms with Crippen molar-refractivity contribution in [3.05, 3.63) is 242 Å². The van der Waals surface area contributed by atoms with E-state index in [1.807, 2.05) is 36.4 Å². The molecule has 0 fully saturated rings. The standard InChI is InChI=1S/2C25H21OP.8BrH.2Mn/c2*26-25-19-11-10-12-21(25)20-27(22-13-4-1-5-14-22,23-15-6-2-7-16-23)24-17-8-3-9-18-24;;;;;;;;;;/h2*1-19H,20H2;8*1H;;/q;;;;;;;;;;2*+3/p-6. The number of aromatic hydroxyl groups is 2. The van der Waals surface area contributed by atoms with E-state index < -0.39 is 25.8 Å². The van der Waals surface area contributed by atoms with Crippen molar-refractivity contribution in [2.45, 2.75) is 12.3 Å². The van der Waals surface area contributed by atoms with Crippen LogP contribution in [-0.2, 0) is 23.6 Å². The third-order valence-electron chi connectivity index (χ3n) is 9.98. The first-order chi connectivity index (χ1) is 30.6. The molecular formula is C50H44Br8Mn2O2P2. The van der Waals surface area contributed by atoms with Gasteiger partial charge in [-0.1, -0.05) is 146 Å². The molecule has 64 heavy (non-hydrogen) atoms. The number of hydrogen-bond acceptors (Lipinski definition) is 2.